The summed E-state index contributed by atoms with van der Waals surface area (Å²) in [4.78, 5) is 19.1. The van der Waals surface area contributed by atoms with E-state index in [1.165, 1.54) is 16.5 Å². The van der Waals surface area contributed by atoms with Gasteiger partial charge < -0.3 is 24.7 Å². The lowest BCUT2D eigenvalue weighted by molar-refractivity contribution is 0.193. The molecule has 0 saturated heterocycles. The number of aromatic nitrogens is 1. The minimum Gasteiger partial charge on any atom is -0.497 e. The number of carbonyl (C=O) groups excluding carboxylic acids is 1. The maximum Gasteiger partial charge on any atom is 0.322 e. The number of H-pyrrole nitrogens is 1. The van der Waals surface area contributed by atoms with Crippen molar-refractivity contribution < 1.29 is 14.3 Å². The smallest absolute Gasteiger partial charge is 0.322 e. The van der Waals surface area contributed by atoms with Gasteiger partial charge in [-0.3, -0.25) is 0 Å². The van der Waals surface area contributed by atoms with Crippen LogP contribution >= 0.6 is 0 Å². The Morgan fingerprint density at radius 3 is 2.58 bits per heavy atom. The van der Waals surface area contributed by atoms with Gasteiger partial charge in [0, 0.05) is 29.2 Å². The molecular weight excluding hydrogens is 414 g/mol. The first kappa shape index (κ1) is 20.9. The summed E-state index contributed by atoms with van der Waals surface area (Å²) in [6.07, 6.45) is 0.782. The van der Waals surface area contributed by atoms with E-state index in [0.717, 1.165) is 23.2 Å². The van der Waals surface area contributed by atoms with E-state index in [1.54, 1.807) is 32.4 Å². The van der Waals surface area contributed by atoms with Crippen LogP contribution in [0.25, 0.3) is 10.9 Å². The third kappa shape index (κ3) is 3.78. The van der Waals surface area contributed by atoms with Gasteiger partial charge in [0.2, 0.25) is 0 Å². The summed E-state index contributed by atoms with van der Waals surface area (Å²) in [5, 5.41) is 4.27. The lowest BCUT2D eigenvalue weighted by atomic mass is 9.92. The van der Waals surface area contributed by atoms with E-state index in [9.17, 15) is 4.79 Å². The highest BCUT2D eigenvalue weighted by Gasteiger charge is 2.34. The van der Waals surface area contributed by atoms with E-state index >= 15 is 0 Å². The van der Waals surface area contributed by atoms with Crippen molar-refractivity contribution in [2.75, 3.05) is 26.1 Å². The maximum atomic E-state index is 13.6. The summed E-state index contributed by atoms with van der Waals surface area (Å²) in [5.74, 6) is 1.23. The number of urea groups is 1. The van der Waals surface area contributed by atoms with Crippen LogP contribution in [0, 0.1) is 6.92 Å². The molecule has 0 bridgehead atoms. The predicted octanol–water partition coefficient (Wildman–Crippen LogP) is 5.67. The average molecular weight is 442 g/mol. The summed E-state index contributed by atoms with van der Waals surface area (Å²) in [7, 11) is 3.19. The van der Waals surface area contributed by atoms with Crippen molar-refractivity contribution >= 4 is 22.6 Å². The van der Waals surface area contributed by atoms with Crippen LogP contribution < -0.4 is 14.8 Å². The molecule has 3 aromatic carbocycles. The number of anilines is 1. The van der Waals surface area contributed by atoms with Crippen LogP contribution in [0.2, 0.25) is 0 Å². The summed E-state index contributed by atoms with van der Waals surface area (Å²) in [6, 6.07) is 21.7. The quantitative estimate of drug-likeness (QED) is 0.429. The lowest BCUT2D eigenvalue weighted by Gasteiger charge is -2.36. The molecule has 1 aliphatic rings. The third-order valence-corrected chi connectivity index (χ3v) is 6.34. The fourth-order valence-electron chi connectivity index (χ4n) is 4.65. The topological polar surface area (TPSA) is 66.6 Å². The highest BCUT2D eigenvalue weighted by Crippen LogP contribution is 2.39. The number of methoxy groups -OCH3 is 2. The molecule has 33 heavy (non-hydrogen) atoms. The van der Waals surface area contributed by atoms with Gasteiger partial charge in [0.15, 0.2) is 0 Å². The molecule has 0 saturated carbocycles. The second kappa shape index (κ2) is 8.54. The molecule has 0 unspecified atom stereocenters. The molecular formula is C27H27N3O3. The number of hydrogen-bond acceptors (Lipinski definition) is 3. The number of nitrogens with zero attached hydrogens (tertiary/aromatic N) is 1. The molecule has 2 N–H and O–H groups in total. The number of aryl methyl sites for hydroxylation is 1. The van der Waals surface area contributed by atoms with Crippen molar-refractivity contribution in [2.24, 2.45) is 0 Å². The first-order valence-electron chi connectivity index (χ1n) is 11.0. The molecule has 0 aliphatic carbocycles. The minimum atomic E-state index is -0.224. The number of hydrogen-bond donors (Lipinski definition) is 2. The van der Waals surface area contributed by atoms with Crippen molar-refractivity contribution in [3.63, 3.8) is 0 Å². The zero-order valence-electron chi connectivity index (χ0n) is 19.0. The number of amides is 2. The summed E-state index contributed by atoms with van der Waals surface area (Å²) in [5.41, 5.74) is 6.27. The van der Waals surface area contributed by atoms with E-state index in [0.29, 0.717) is 23.7 Å². The Morgan fingerprint density at radius 2 is 1.82 bits per heavy atom. The summed E-state index contributed by atoms with van der Waals surface area (Å²) >= 11 is 0. The molecule has 2 heterocycles. The first-order valence-corrected chi connectivity index (χ1v) is 11.0. The van der Waals surface area contributed by atoms with Crippen molar-refractivity contribution in [3.05, 3.63) is 89.1 Å². The number of ether oxygens (including phenoxy) is 2. The normalized spacial score (nSPS) is 15.2. The van der Waals surface area contributed by atoms with Crippen LogP contribution in [0.15, 0.2) is 66.7 Å². The van der Waals surface area contributed by atoms with E-state index in [2.05, 4.69) is 59.7 Å². The van der Waals surface area contributed by atoms with Gasteiger partial charge in [-0.25, -0.2) is 4.79 Å². The summed E-state index contributed by atoms with van der Waals surface area (Å²) in [6.45, 7) is 2.67. The first-order chi connectivity index (χ1) is 16.1. The monoisotopic (exact) mass is 441 g/mol. The van der Waals surface area contributed by atoms with Gasteiger partial charge in [-0.15, -0.1) is 0 Å². The van der Waals surface area contributed by atoms with Crippen molar-refractivity contribution in [3.8, 4) is 11.5 Å². The zero-order chi connectivity index (χ0) is 22.9. The molecule has 0 spiro atoms. The second-order valence-corrected chi connectivity index (χ2v) is 8.32. The minimum absolute atomic E-state index is 0.184. The Bertz CT molecular complexity index is 1310. The molecule has 6 nitrogen and oxygen atoms in total. The van der Waals surface area contributed by atoms with Gasteiger partial charge in [-0.05, 0) is 42.7 Å². The second-order valence-electron chi connectivity index (χ2n) is 8.32. The van der Waals surface area contributed by atoms with Crippen molar-refractivity contribution in [2.45, 2.75) is 19.4 Å². The molecule has 2 amide bonds. The van der Waals surface area contributed by atoms with Crippen molar-refractivity contribution in [1.29, 1.82) is 0 Å². The van der Waals surface area contributed by atoms with Gasteiger partial charge in [0.05, 0.1) is 25.9 Å². The number of nitrogens with one attached hydrogen (secondary N) is 2. The number of fused-ring (bicyclic) bond motifs is 3. The van der Waals surface area contributed by atoms with E-state index < -0.39 is 0 Å². The van der Waals surface area contributed by atoms with Crippen molar-refractivity contribution in [1.82, 2.24) is 9.88 Å². The third-order valence-electron chi connectivity index (χ3n) is 6.34. The Kier molecular flexibility index (Phi) is 5.42. The highest BCUT2D eigenvalue weighted by molar-refractivity contribution is 5.93. The SMILES string of the molecule is COc1ccc(OC)c(NC(=O)N2CCc3c([nH]c4ccccc34)[C@@H]2c2ccc(C)cc2)c1. The molecule has 1 aliphatic heterocycles. The van der Waals surface area contributed by atoms with Crippen LogP contribution in [0.4, 0.5) is 10.5 Å². The Labute approximate surface area is 193 Å². The molecule has 1 atom stereocenters. The number of aromatic amines is 1. The largest absolute Gasteiger partial charge is 0.497 e. The number of para-hydroxylation sites is 1. The average Bonchev–Trinajstić information content (AvgIpc) is 3.22. The standard InChI is InChI=1S/C27H27N3O3/c1-17-8-10-18(11-9-17)26-25-21(20-6-4-5-7-22(20)28-25)14-15-30(26)27(31)29-23-16-19(32-2)12-13-24(23)33-3/h4-13,16,26,28H,14-15H2,1-3H3,(H,29,31)/t26-/m0/s1. The van der Waals surface area contributed by atoms with Crippen LogP contribution in [-0.4, -0.2) is 36.7 Å². The predicted molar refractivity (Wildman–Crippen MR) is 130 cm³/mol. The Morgan fingerprint density at radius 1 is 1.03 bits per heavy atom. The molecule has 0 fully saturated rings. The van der Waals surface area contributed by atoms with Gasteiger partial charge in [0.25, 0.3) is 0 Å². The fraction of sp³-hybridized carbons (Fsp3) is 0.222. The zero-order valence-corrected chi connectivity index (χ0v) is 19.0. The van der Waals surface area contributed by atoms with Gasteiger partial charge in [-0.2, -0.15) is 0 Å². The van der Waals surface area contributed by atoms with Crippen LogP contribution in [-0.2, 0) is 6.42 Å². The van der Waals surface area contributed by atoms with E-state index in [-0.39, 0.29) is 12.1 Å². The summed E-state index contributed by atoms with van der Waals surface area (Å²) < 4.78 is 10.8. The lowest BCUT2D eigenvalue weighted by Crippen LogP contribution is -2.43. The Hall–Kier alpha value is -3.93. The molecule has 5 rings (SSSR count). The maximum absolute atomic E-state index is 13.6. The molecule has 0 radical (unpaired) electrons. The number of benzene rings is 3. The number of rotatable bonds is 4. The van der Waals surface area contributed by atoms with E-state index in [1.807, 2.05) is 11.0 Å². The van der Waals surface area contributed by atoms with Gasteiger partial charge in [-0.1, -0.05) is 48.0 Å². The highest BCUT2D eigenvalue weighted by atomic mass is 16.5. The number of carbonyl (C=O) groups is 1. The van der Waals surface area contributed by atoms with Gasteiger partial charge in [0.1, 0.15) is 11.5 Å². The van der Waals surface area contributed by atoms with Gasteiger partial charge >= 0.3 is 6.03 Å². The van der Waals surface area contributed by atoms with Crippen LogP contribution in [0.5, 0.6) is 11.5 Å². The molecule has 6 heteroatoms. The van der Waals surface area contributed by atoms with E-state index in [4.69, 9.17) is 9.47 Å². The fourth-order valence-corrected chi connectivity index (χ4v) is 4.65. The Balaban J connectivity index is 1.56. The molecule has 1 aromatic heterocycles. The van der Waals surface area contributed by atoms with Crippen LogP contribution in [0.1, 0.15) is 28.4 Å². The molecule has 4 aromatic rings. The molecule has 168 valence electrons. The van der Waals surface area contributed by atoms with Crippen LogP contribution in [0.3, 0.4) is 0 Å².